The molecule has 0 amide bonds. The molecule has 10 aromatic carbocycles. The van der Waals surface area contributed by atoms with Gasteiger partial charge in [0.25, 0.3) is 0 Å². The maximum absolute atomic E-state index is 6.59. The molecule has 0 saturated heterocycles. The van der Waals surface area contributed by atoms with Gasteiger partial charge < -0.3 is 9.32 Å². The molecule has 11 rings (SSSR count). The van der Waals surface area contributed by atoms with Crippen molar-refractivity contribution in [3.8, 4) is 67.0 Å². The zero-order valence-corrected chi connectivity index (χ0v) is 34.0. The Labute approximate surface area is 362 Å². The van der Waals surface area contributed by atoms with Crippen LogP contribution in [0.2, 0.25) is 0 Å². The SMILES string of the molecule is c1ccc(-c2ccc(-c3ccc(N(c4ccc(-c5cccc(-c6oc7ccccc7c6-c6ccccc6)c5)cc4)c4ccc(-c5ccc6ccccc6c5)cc4)cc3)cc2)cc1. The van der Waals surface area contributed by atoms with E-state index in [2.05, 4.69) is 241 Å². The van der Waals surface area contributed by atoms with E-state index in [9.17, 15) is 0 Å². The number of para-hydroxylation sites is 1. The van der Waals surface area contributed by atoms with Crippen LogP contribution >= 0.6 is 0 Å². The van der Waals surface area contributed by atoms with Crippen LogP contribution in [0.3, 0.4) is 0 Å². The van der Waals surface area contributed by atoms with Gasteiger partial charge in [-0.1, -0.05) is 194 Å². The molecular formula is C60H41NO. The monoisotopic (exact) mass is 791 g/mol. The Hall–Kier alpha value is -8.20. The standard InChI is InChI=1S/C60H41NO/c1-3-12-42(13-4-1)44-22-24-45(25-23-44)46-28-34-54(35-29-46)61(56-38-32-48(33-39-56)52-27-26-43-14-7-8-17-50(43)40-52)55-36-30-47(31-37-55)51-18-11-19-53(41-51)60-59(49-15-5-2-6-16-49)57-20-9-10-21-58(57)62-60/h1-41H. The summed E-state index contributed by atoms with van der Waals surface area (Å²) in [4.78, 5) is 2.34. The van der Waals surface area contributed by atoms with Gasteiger partial charge in [-0.3, -0.25) is 0 Å². The first-order valence-electron chi connectivity index (χ1n) is 21.2. The molecule has 0 N–H and O–H groups in total. The Bertz CT molecular complexity index is 3290. The molecule has 0 aliphatic heterocycles. The molecule has 292 valence electrons. The van der Waals surface area contributed by atoms with Gasteiger partial charge in [-0.25, -0.2) is 0 Å². The Balaban J connectivity index is 0.938. The van der Waals surface area contributed by atoms with Crippen molar-refractivity contribution < 1.29 is 4.42 Å². The topological polar surface area (TPSA) is 16.4 Å². The maximum Gasteiger partial charge on any atom is 0.143 e. The van der Waals surface area contributed by atoms with Crippen LogP contribution in [0.4, 0.5) is 17.1 Å². The number of anilines is 3. The normalized spacial score (nSPS) is 11.2. The lowest BCUT2D eigenvalue weighted by molar-refractivity contribution is 0.632. The molecule has 1 heterocycles. The number of hydrogen-bond acceptors (Lipinski definition) is 2. The Morgan fingerprint density at radius 2 is 0.661 bits per heavy atom. The van der Waals surface area contributed by atoms with Crippen molar-refractivity contribution in [1.29, 1.82) is 0 Å². The summed E-state index contributed by atoms with van der Waals surface area (Å²) >= 11 is 0. The minimum absolute atomic E-state index is 0.879. The molecule has 0 spiro atoms. The number of hydrogen-bond donors (Lipinski definition) is 0. The van der Waals surface area contributed by atoms with E-state index in [-0.39, 0.29) is 0 Å². The van der Waals surface area contributed by atoms with Crippen molar-refractivity contribution in [3.63, 3.8) is 0 Å². The van der Waals surface area contributed by atoms with Crippen LogP contribution in [-0.4, -0.2) is 0 Å². The number of benzene rings is 10. The largest absolute Gasteiger partial charge is 0.455 e. The molecule has 0 fully saturated rings. The highest BCUT2D eigenvalue weighted by Gasteiger charge is 2.19. The van der Waals surface area contributed by atoms with Gasteiger partial charge in [-0.05, 0) is 115 Å². The van der Waals surface area contributed by atoms with Crippen LogP contribution in [0.25, 0.3) is 88.7 Å². The molecule has 0 bridgehead atoms. The van der Waals surface area contributed by atoms with Gasteiger partial charge >= 0.3 is 0 Å². The van der Waals surface area contributed by atoms with Crippen LogP contribution in [0.15, 0.2) is 253 Å². The Kier molecular flexibility index (Phi) is 9.57. The van der Waals surface area contributed by atoms with E-state index >= 15 is 0 Å². The number of rotatable bonds is 9. The Morgan fingerprint density at radius 1 is 0.258 bits per heavy atom. The molecule has 0 saturated carbocycles. The van der Waals surface area contributed by atoms with Gasteiger partial charge in [-0.15, -0.1) is 0 Å². The lowest BCUT2D eigenvalue weighted by atomic mass is 9.96. The van der Waals surface area contributed by atoms with E-state index in [0.29, 0.717) is 0 Å². The molecule has 2 heteroatoms. The van der Waals surface area contributed by atoms with E-state index in [4.69, 9.17) is 4.42 Å². The smallest absolute Gasteiger partial charge is 0.143 e. The van der Waals surface area contributed by atoms with Crippen LogP contribution < -0.4 is 4.90 Å². The van der Waals surface area contributed by atoms with Gasteiger partial charge in [0.2, 0.25) is 0 Å². The van der Waals surface area contributed by atoms with Gasteiger partial charge in [0, 0.05) is 33.6 Å². The summed E-state index contributed by atoms with van der Waals surface area (Å²) in [5.41, 5.74) is 16.9. The second-order valence-electron chi connectivity index (χ2n) is 15.7. The van der Waals surface area contributed by atoms with Gasteiger partial charge in [0.05, 0.1) is 0 Å². The summed E-state index contributed by atoms with van der Waals surface area (Å²) in [7, 11) is 0. The molecule has 0 aliphatic carbocycles. The second kappa shape index (κ2) is 16.1. The third kappa shape index (κ3) is 7.14. The third-order valence-corrected chi connectivity index (χ3v) is 11.9. The van der Waals surface area contributed by atoms with Gasteiger partial charge in [0.1, 0.15) is 11.3 Å². The highest BCUT2D eigenvalue weighted by molar-refractivity contribution is 6.02. The number of nitrogens with zero attached hydrogens (tertiary/aromatic N) is 1. The number of fused-ring (bicyclic) bond motifs is 2. The highest BCUT2D eigenvalue weighted by Crippen LogP contribution is 2.43. The van der Waals surface area contributed by atoms with Gasteiger partial charge in [-0.2, -0.15) is 0 Å². The zero-order chi connectivity index (χ0) is 41.2. The van der Waals surface area contributed by atoms with Crippen molar-refractivity contribution >= 4 is 38.8 Å². The molecular weight excluding hydrogens is 751 g/mol. The quantitative estimate of drug-likeness (QED) is 0.145. The molecule has 0 atom stereocenters. The summed E-state index contributed by atoms with van der Waals surface area (Å²) in [6.45, 7) is 0. The predicted molar refractivity (Wildman–Crippen MR) is 261 cm³/mol. The van der Waals surface area contributed by atoms with Crippen LogP contribution in [-0.2, 0) is 0 Å². The molecule has 0 aliphatic rings. The first-order valence-corrected chi connectivity index (χ1v) is 21.2. The van der Waals surface area contributed by atoms with E-state index in [0.717, 1.165) is 61.6 Å². The van der Waals surface area contributed by atoms with Crippen molar-refractivity contribution in [2.75, 3.05) is 4.90 Å². The highest BCUT2D eigenvalue weighted by atomic mass is 16.3. The van der Waals surface area contributed by atoms with E-state index in [1.54, 1.807) is 0 Å². The third-order valence-electron chi connectivity index (χ3n) is 11.9. The lowest BCUT2D eigenvalue weighted by Crippen LogP contribution is -2.09. The van der Waals surface area contributed by atoms with Crippen molar-refractivity contribution in [1.82, 2.24) is 0 Å². The summed E-state index contributed by atoms with van der Waals surface area (Å²) in [5.74, 6) is 0.879. The van der Waals surface area contributed by atoms with Crippen LogP contribution in [0, 0.1) is 0 Å². The Morgan fingerprint density at radius 3 is 1.26 bits per heavy atom. The first-order chi connectivity index (χ1) is 30.7. The minimum Gasteiger partial charge on any atom is -0.455 e. The van der Waals surface area contributed by atoms with E-state index in [1.165, 1.54) is 44.2 Å². The molecule has 2 nitrogen and oxygen atoms in total. The maximum atomic E-state index is 6.59. The average molecular weight is 792 g/mol. The average Bonchev–Trinajstić information content (AvgIpc) is 3.75. The van der Waals surface area contributed by atoms with Crippen molar-refractivity contribution in [3.05, 3.63) is 249 Å². The fraction of sp³-hybridized carbons (Fsp3) is 0. The zero-order valence-electron chi connectivity index (χ0n) is 34.0. The fourth-order valence-corrected chi connectivity index (χ4v) is 8.69. The molecule has 0 unspecified atom stereocenters. The summed E-state index contributed by atoms with van der Waals surface area (Å²) in [5, 5.41) is 3.60. The summed E-state index contributed by atoms with van der Waals surface area (Å²) < 4.78 is 6.59. The van der Waals surface area contributed by atoms with Crippen molar-refractivity contribution in [2.45, 2.75) is 0 Å². The minimum atomic E-state index is 0.879. The molecule has 0 radical (unpaired) electrons. The van der Waals surface area contributed by atoms with Crippen molar-refractivity contribution in [2.24, 2.45) is 0 Å². The van der Waals surface area contributed by atoms with E-state index < -0.39 is 0 Å². The van der Waals surface area contributed by atoms with Crippen LogP contribution in [0.5, 0.6) is 0 Å². The molecule has 62 heavy (non-hydrogen) atoms. The fourth-order valence-electron chi connectivity index (χ4n) is 8.69. The lowest BCUT2D eigenvalue weighted by Gasteiger charge is -2.26. The van der Waals surface area contributed by atoms with Gasteiger partial charge in [0.15, 0.2) is 0 Å². The molecule has 11 aromatic rings. The molecule has 1 aromatic heterocycles. The van der Waals surface area contributed by atoms with E-state index in [1.807, 2.05) is 12.1 Å². The summed E-state index contributed by atoms with van der Waals surface area (Å²) in [6, 6.07) is 88.9. The first kappa shape index (κ1) is 36.8. The summed E-state index contributed by atoms with van der Waals surface area (Å²) in [6.07, 6.45) is 0. The second-order valence-corrected chi connectivity index (χ2v) is 15.7. The van der Waals surface area contributed by atoms with Crippen LogP contribution in [0.1, 0.15) is 0 Å². The number of furan rings is 1. The predicted octanol–water partition coefficient (Wildman–Crippen LogP) is 17.1.